The molecule has 8 heteroatoms. The Kier molecular flexibility index (Phi) is 6.57. The molecule has 3 aromatic carbocycles. The van der Waals surface area contributed by atoms with Gasteiger partial charge < -0.3 is 14.4 Å². The molecule has 4 rings (SSSR count). The lowest BCUT2D eigenvalue weighted by Crippen LogP contribution is -2.60. The van der Waals surface area contributed by atoms with E-state index in [1.54, 1.807) is 24.3 Å². The second-order valence-corrected chi connectivity index (χ2v) is 7.52. The van der Waals surface area contributed by atoms with Crippen LogP contribution in [-0.4, -0.2) is 29.9 Å². The van der Waals surface area contributed by atoms with Crippen LogP contribution in [0, 0.1) is 0 Å². The number of β-lactam (4-membered cyclic amide) rings is 1. The topological polar surface area (TPSA) is 105 Å². The van der Waals surface area contributed by atoms with Crippen molar-refractivity contribution < 1.29 is 19.1 Å². The molecule has 0 bridgehead atoms. The number of nitrogens with zero attached hydrogens (tertiary/aromatic N) is 4. The highest BCUT2D eigenvalue weighted by atomic mass is 16.5. The van der Waals surface area contributed by atoms with Crippen LogP contribution in [0.3, 0.4) is 0 Å². The molecule has 3 unspecified atom stereocenters. The minimum absolute atomic E-state index is 0.412. The van der Waals surface area contributed by atoms with E-state index in [1.807, 2.05) is 60.7 Å². The summed E-state index contributed by atoms with van der Waals surface area (Å²) in [4.78, 5) is 29.9. The van der Waals surface area contributed by atoms with Crippen molar-refractivity contribution in [3.05, 3.63) is 112 Å². The number of amides is 1. The quantitative estimate of drug-likeness (QED) is 0.165. The SMILES string of the molecule is COC(=O)C(c1ccc(OCc2ccccc2)cc1)N1C(=O)C(N=[N+]=[N-])C1c1ccccc1. The Morgan fingerprint density at radius 2 is 1.67 bits per heavy atom. The van der Waals surface area contributed by atoms with Crippen LogP contribution in [0.2, 0.25) is 0 Å². The molecule has 3 atom stereocenters. The smallest absolute Gasteiger partial charge is 0.333 e. The number of benzene rings is 3. The second-order valence-electron chi connectivity index (χ2n) is 7.52. The lowest BCUT2D eigenvalue weighted by molar-refractivity contribution is -0.166. The molecule has 0 aliphatic carbocycles. The van der Waals surface area contributed by atoms with Gasteiger partial charge in [0, 0.05) is 4.91 Å². The molecule has 8 nitrogen and oxygen atoms in total. The molecule has 0 aromatic heterocycles. The van der Waals surface area contributed by atoms with Crippen molar-refractivity contribution in [1.29, 1.82) is 0 Å². The third kappa shape index (κ3) is 4.51. The van der Waals surface area contributed by atoms with Crippen molar-refractivity contribution in [3.8, 4) is 5.75 Å². The highest BCUT2D eigenvalue weighted by Gasteiger charge is 2.53. The Morgan fingerprint density at radius 1 is 1.03 bits per heavy atom. The molecule has 0 radical (unpaired) electrons. The van der Waals surface area contributed by atoms with Crippen LogP contribution in [-0.2, 0) is 20.9 Å². The molecule has 1 heterocycles. The molecule has 0 saturated carbocycles. The maximum atomic E-state index is 12.9. The standard InChI is InChI=1S/C25H22N4O4/c1-32-25(31)23(19-12-14-20(15-13-19)33-16-17-8-4-2-5-9-17)29-22(18-10-6-3-7-11-18)21(24(29)30)27-28-26/h2-15,21-23H,16H2,1H3. The van der Waals surface area contributed by atoms with E-state index in [1.165, 1.54) is 12.0 Å². The fraction of sp³-hybridized carbons (Fsp3) is 0.200. The summed E-state index contributed by atoms with van der Waals surface area (Å²) in [6.07, 6.45) is 0. The number of methoxy groups -OCH3 is 1. The number of hydrogen-bond donors (Lipinski definition) is 0. The van der Waals surface area contributed by atoms with Crippen molar-refractivity contribution in [2.24, 2.45) is 5.11 Å². The first-order chi connectivity index (χ1) is 16.1. The van der Waals surface area contributed by atoms with Crippen LogP contribution in [0.15, 0.2) is 90.0 Å². The number of azide groups is 1. The molecule has 0 N–H and O–H groups in total. The van der Waals surface area contributed by atoms with Gasteiger partial charge in [-0.25, -0.2) is 4.79 Å². The van der Waals surface area contributed by atoms with Crippen LogP contribution in [0.25, 0.3) is 10.4 Å². The summed E-state index contributed by atoms with van der Waals surface area (Å²) in [7, 11) is 1.28. The summed E-state index contributed by atoms with van der Waals surface area (Å²) in [6.45, 7) is 0.412. The zero-order valence-corrected chi connectivity index (χ0v) is 17.9. The monoisotopic (exact) mass is 442 g/mol. The Bertz CT molecular complexity index is 1160. The summed E-state index contributed by atoms with van der Waals surface area (Å²) >= 11 is 0. The number of esters is 1. The summed E-state index contributed by atoms with van der Waals surface area (Å²) in [5, 5.41) is 3.66. The van der Waals surface area contributed by atoms with Gasteiger partial charge in [-0.2, -0.15) is 0 Å². The van der Waals surface area contributed by atoms with Crippen molar-refractivity contribution >= 4 is 11.9 Å². The summed E-state index contributed by atoms with van der Waals surface area (Å²) in [6, 6.07) is 23.4. The maximum absolute atomic E-state index is 12.9. The third-order valence-corrected chi connectivity index (χ3v) is 5.57. The van der Waals surface area contributed by atoms with Gasteiger partial charge in [0.15, 0.2) is 6.04 Å². The molecule has 0 spiro atoms. The van der Waals surface area contributed by atoms with Gasteiger partial charge in [0.2, 0.25) is 5.91 Å². The van der Waals surface area contributed by atoms with Gasteiger partial charge in [0.1, 0.15) is 18.4 Å². The zero-order chi connectivity index (χ0) is 23.2. The normalized spacial score (nSPS) is 18.0. The highest BCUT2D eigenvalue weighted by molar-refractivity contribution is 5.94. The van der Waals surface area contributed by atoms with Crippen LogP contribution in [0.5, 0.6) is 5.75 Å². The zero-order valence-electron chi connectivity index (χ0n) is 17.9. The van der Waals surface area contributed by atoms with Crippen molar-refractivity contribution in [3.63, 3.8) is 0 Å². The summed E-state index contributed by atoms with van der Waals surface area (Å²) < 4.78 is 10.8. The fourth-order valence-electron chi connectivity index (χ4n) is 3.95. The number of rotatable bonds is 8. The van der Waals surface area contributed by atoms with Crippen molar-refractivity contribution in [2.75, 3.05) is 7.11 Å². The van der Waals surface area contributed by atoms with E-state index >= 15 is 0 Å². The largest absolute Gasteiger partial charge is 0.489 e. The van der Waals surface area contributed by atoms with E-state index in [-0.39, 0.29) is 0 Å². The average molecular weight is 442 g/mol. The molecule has 1 amide bonds. The molecule has 1 fully saturated rings. The van der Waals surface area contributed by atoms with Crippen LogP contribution in [0.1, 0.15) is 28.8 Å². The highest BCUT2D eigenvalue weighted by Crippen LogP contribution is 2.44. The first-order valence-electron chi connectivity index (χ1n) is 10.4. The molecule has 33 heavy (non-hydrogen) atoms. The van der Waals surface area contributed by atoms with Crippen LogP contribution < -0.4 is 4.74 Å². The van der Waals surface area contributed by atoms with Gasteiger partial charge in [0.05, 0.1) is 13.2 Å². The number of carbonyl (C=O) groups excluding carboxylic acids is 2. The molecule has 1 aliphatic heterocycles. The third-order valence-electron chi connectivity index (χ3n) is 5.57. The number of carbonyl (C=O) groups is 2. The Hall–Kier alpha value is -4.29. The van der Waals surface area contributed by atoms with Crippen LogP contribution >= 0.6 is 0 Å². The van der Waals surface area contributed by atoms with E-state index < -0.39 is 30.0 Å². The van der Waals surface area contributed by atoms with Gasteiger partial charge in [-0.05, 0) is 34.4 Å². The van der Waals surface area contributed by atoms with Gasteiger partial charge in [-0.1, -0.05) is 77.9 Å². The Morgan fingerprint density at radius 3 is 2.27 bits per heavy atom. The van der Waals surface area contributed by atoms with E-state index in [2.05, 4.69) is 10.0 Å². The predicted octanol–water partition coefficient (Wildman–Crippen LogP) is 4.74. The van der Waals surface area contributed by atoms with E-state index in [0.717, 1.165) is 11.1 Å². The Balaban J connectivity index is 1.60. The second kappa shape index (κ2) is 9.89. The maximum Gasteiger partial charge on any atom is 0.333 e. The fourth-order valence-corrected chi connectivity index (χ4v) is 3.95. The van der Waals surface area contributed by atoms with E-state index in [4.69, 9.17) is 15.0 Å². The van der Waals surface area contributed by atoms with Crippen molar-refractivity contribution in [2.45, 2.75) is 24.7 Å². The molecule has 1 aliphatic rings. The summed E-state index contributed by atoms with van der Waals surface area (Å²) in [5.41, 5.74) is 11.3. The summed E-state index contributed by atoms with van der Waals surface area (Å²) in [5.74, 6) is -0.379. The Labute approximate surface area is 191 Å². The van der Waals surface area contributed by atoms with E-state index in [9.17, 15) is 9.59 Å². The molecular weight excluding hydrogens is 420 g/mol. The number of ether oxygens (including phenoxy) is 2. The number of likely N-dealkylation sites (tertiary alicyclic amines) is 1. The minimum atomic E-state index is -0.985. The molecule has 3 aromatic rings. The molecular formula is C25H22N4O4. The minimum Gasteiger partial charge on any atom is -0.489 e. The lowest BCUT2D eigenvalue weighted by Gasteiger charge is -2.48. The van der Waals surface area contributed by atoms with Gasteiger partial charge >= 0.3 is 5.97 Å². The molecule has 166 valence electrons. The lowest BCUT2D eigenvalue weighted by atomic mass is 9.85. The van der Waals surface area contributed by atoms with Crippen molar-refractivity contribution in [1.82, 2.24) is 4.90 Å². The first kappa shape index (κ1) is 21.9. The van der Waals surface area contributed by atoms with Gasteiger partial charge in [0.25, 0.3) is 0 Å². The van der Waals surface area contributed by atoms with Gasteiger partial charge in [-0.3, -0.25) is 4.79 Å². The first-order valence-corrected chi connectivity index (χ1v) is 10.4. The average Bonchev–Trinajstić information content (AvgIpc) is 2.87. The molecule has 1 saturated heterocycles. The predicted molar refractivity (Wildman–Crippen MR) is 121 cm³/mol. The van der Waals surface area contributed by atoms with Gasteiger partial charge in [-0.15, -0.1) is 0 Å². The number of hydrogen-bond acceptors (Lipinski definition) is 5. The van der Waals surface area contributed by atoms with E-state index in [0.29, 0.717) is 17.9 Å². The van der Waals surface area contributed by atoms with Crippen LogP contribution in [0.4, 0.5) is 0 Å².